The Balaban J connectivity index is 1.57. The summed E-state index contributed by atoms with van der Waals surface area (Å²) >= 11 is 0. The molecule has 2 aliphatic heterocycles. The van der Waals surface area contributed by atoms with Gasteiger partial charge in [0.1, 0.15) is 12.3 Å². The van der Waals surface area contributed by atoms with E-state index in [0.717, 1.165) is 37.7 Å². The third-order valence-electron chi connectivity index (χ3n) is 9.28. The van der Waals surface area contributed by atoms with Gasteiger partial charge in [0.25, 0.3) is 5.91 Å². The van der Waals surface area contributed by atoms with Crippen LogP contribution in [0.2, 0.25) is 0 Å². The van der Waals surface area contributed by atoms with Crippen LogP contribution in [-0.4, -0.2) is 106 Å². The van der Waals surface area contributed by atoms with E-state index in [1.165, 1.54) is 11.9 Å². The van der Waals surface area contributed by atoms with Crippen molar-refractivity contribution in [2.75, 3.05) is 33.2 Å². The summed E-state index contributed by atoms with van der Waals surface area (Å²) in [6.07, 6.45) is 8.75. The molecule has 1 aromatic carbocycles. The quantitative estimate of drug-likeness (QED) is 0.168. The van der Waals surface area contributed by atoms with Crippen molar-refractivity contribution >= 4 is 23.8 Å². The standard InChI is InChI=1S/C35H55N5O6/c1-7-8-9-10-11-15-24(2)30(33(44)45)38(6)32(43)27-18-14-20-40(27)29(41)22-36-34(46)37-28(35(3,4)5)23-39-21-19-25-16-12-13-17-26(25)31(39)42/h11-13,15-17,24,27-30,41H,7-10,14,18-23H2,1-6H3,(H,44,45)(H2,36,37,46)/b15-11-/t24?,27-,28+,29?,30+/m0/s1. The van der Waals surface area contributed by atoms with E-state index in [9.17, 15) is 29.4 Å². The van der Waals surface area contributed by atoms with Crippen LogP contribution in [0.4, 0.5) is 4.79 Å². The minimum atomic E-state index is -1.14. The fraction of sp³-hybridized carbons (Fsp3) is 0.657. The summed E-state index contributed by atoms with van der Waals surface area (Å²) in [5.74, 6) is -1.87. The summed E-state index contributed by atoms with van der Waals surface area (Å²) in [7, 11) is 1.51. The third kappa shape index (κ3) is 9.78. The second kappa shape index (κ2) is 16.9. The van der Waals surface area contributed by atoms with Gasteiger partial charge in [-0.15, -0.1) is 0 Å². The number of likely N-dealkylation sites (N-methyl/N-ethyl adjacent to an activating group) is 1. The summed E-state index contributed by atoms with van der Waals surface area (Å²) in [5.41, 5.74) is 1.37. The molecular formula is C35H55N5O6. The molecule has 1 fully saturated rings. The van der Waals surface area contributed by atoms with Crippen molar-refractivity contribution in [3.05, 3.63) is 47.5 Å². The molecular weight excluding hydrogens is 586 g/mol. The Hall–Kier alpha value is -3.44. The molecule has 4 N–H and O–H groups in total. The number of aliphatic hydroxyl groups excluding tert-OH is 1. The fourth-order valence-electron chi connectivity index (χ4n) is 6.37. The highest BCUT2D eigenvalue weighted by molar-refractivity contribution is 5.96. The minimum Gasteiger partial charge on any atom is -0.480 e. The number of amides is 4. The summed E-state index contributed by atoms with van der Waals surface area (Å²) in [6, 6.07) is 5.03. The van der Waals surface area contributed by atoms with Crippen LogP contribution in [0.25, 0.3) is 0 Å². The number of benzene rings is 1. The number of nitrogens with one attached hydrogen (secondary N) is 2. The van der Waals surface area contributed by atoms with Crippen LogP contribution in [0.15, 0.2) is 36.4 Å². The number of carboxylic acids is 1. The first-order valence-corrected chi connectivity index (χ1v) is 16.8. The van der Waals surface area contributed by atoms with E-state index in [1.807, 2.05) is 57.2 Å². The van der Waals surface area contributed by atoms with Gasteiger partial charge in [-0.25, -0.2) is 9.59 Å². The molecule has 0 aromatic heterocycles. The van der Waals surface area contributed by atoms with Gasteiger partial charge in [0.2, 0.25) is 5.91 Å². The predicted molar refractivity (Wildman–Crippen MR) is 178 cm³/mol. The second-order valence-corrected chi connectivity index (χ2v) is 13.8. The van der Waals surface area contributed by atoms with Gasteiger partial charge in [-0.2, -0.15) is 0 Å². The van der Waals surface area contributed by atoms with Gasteiger partial charge < -0.3 is 30.6 Å². The number of carbonyl (C=O) groups excluding carboxylic acids is 3. The number of aliphatic hydroxyl groups is 1. The lowest BCUT2D eigenvalue weighted by molar-refractivity contribution is -0.153. The molecule has 4 amide bonds. The molecule has 2 heterocycles. The number of carboxylic acid groups (broad SMARTS) is 1. The van der Waals surface area contributed by atoms with Crippen LogP contribution in [0.1, 0.15) is 89.1 Å². The van der Waals surface area contributed by atoms with Crippen LogP contribution < -0.4 is 10.6 Å². The largest absolute Gasteiger partial charge is 0.480 e. The number of hydrogen-bond donors (Lipinski definition) is 4. The number of nitrogens with zero attached hydrogens (tertiary/aromatic N) is 3. The number of allylic oxidation sites excluding steroid dienone is 1. The molecule has 5 atom stereocenters. The minimum absolute atomic E-state index is 0.0500. The lowest BCUT2D eigenvalue weighted by Gasteiger charge is -2.38. The van der Waals surface area contributed by atoms with Gasteiger partial charge in [0, 0.05) is 38.2 Å². The zero-order valence-corrected chi connectivity index (χ0v) is 28.5. The molecule has 0 saturated carbocycles. The normalized spacial score (nSPS) is 19.8. The first-order valence-electron chi connectivity index (χ1n) is 16.8. The topological polar surface area (TPSA) is 143 Å². The van der Waals surface area contributed by atoms with Crippen LogP contribution in [-0.2, 0) is 16.0 Å². The Kier molecular flexibility index (Phi) is 13.6. The van der Waals surface area contributed by atoms with Gasteiger partial charge in [0.05, 0.1) is 18.6 Å². The SMILES string of the molecule is CCCCC/C=C\C(C)[C@H](C(=O)O)N(C)C(=O)[C@@H]1CCCN1C(O)CNC(=O)N[C@H](CN1CCc2ccccc2C1=O)C(C)(C)C. The van der Waals surface area contributed by atoms with E-state index in [-0.39, 0.29) is 35.7 Å². The second-order valence-electron chi connectivity index (χ2n) is 13.8. The van der Waals surface area contributed by atoms with Gasteiger partial charge in [-0.3, -0.25) is 14.5 Å². The highest BCUT2D eigenvalue weighted by Crippen LogP contribution is 2.25. The summed E-state index contributed by atoms with van der Waals surface area (Å²) in [6.45, 7) is 11.2. The Labute approximate surface area is 274 Å². The van der Waals surface area contributed by atoms with Gasteiger partial charge in [-0.1, -0.05) is 77.8 Å². The smallest absolute Gasteiger partial charge is 0.327 e. The van der Waals surface area contributed by atoms with Crippen LogP contribution >= 0.6 is 0 Å². The van der Waals surface area contributed by atoms with Crippen molar-refractivity contribution in [1.82, 2.24) is 25.3 Å². The number of aliphatic carboxylic acids is 1. The number of fused-ring (bicyclic) bond motifs is 1. The molecule has 2 unspecified atom stereocenters. The molecule has 46 heavy (non-hydrogen) atoms. The van der Waals surface area contributed by atoms with E-state index in [4.69, 9.17) is 0 Å². The van der Waals surface area contributed by atoms with Crippen molar-refractivity contribution in [1.29, 1.82) is 0 Å². The van der Waals surface area contributed by atoms with Crippen molar-refractivity contribution in [2.45, 2.75) is 104 Å². The zero-order chi connectivity index (χ0) is 34.0. The van der Waals surface area contributed by atoms with Crippen molar-refractivity contribution in [3.63, 3.8) is 0 Å². The maximum absolute atomic E-state index is 13.6. The molecule has 1 saturated heterocycles. The first kappa shape index (κ1) is 37.0. The van der Waals surface area contributed by atoms with Crippen molar-refractivity contribution < 1.29 is 29.4 Å². The average Bonchev–Trinajstić information content (AvgIpc) is 3.50. The average molecular weight is 642 g/mol. The molecule has 0 aliphatic carbocycles. The lowest BCUT2D eigenvalue weighted by atomic mass is 9.85. The summed E-state index contributed by atoms with van der Waals surface area (Å²) < 4.78 is 0. The Morgan fingerprint density at radius 3 is 2.54 bits per heavy atom. The zero-order valence-electron chi connectivity index (χ0n) is 28.5. The molecule has 11 heteroatoms. The molecule has 0 radical (unpaired) electrons. The van der Waals surface area contributed by atoms with Crippen LogP contribution in [0.3, 0.4) is 0 Å². The molecule has 2 aliphatic rings. The van der Waals surface area contributed by atoms with Gasteiger partial charge in [0.15, 0.2) is 0 Å². The number of urea groups is 1. The molecule has 0 spiro atoms. The monoisotopic (exact) mass is 641 g/mol. The number of carbonyl (C=O) groups is 4. The highest BCUT2D eigenvalue weighted by atomic mass is 16.4. The summed E-state index contributed by atoms with van der Waals surface area (Å²) in [4.78, 5) is 56.7. The third-order valence-corrected chi connectivity index (χ3v) is 9.28. The highest BCUT2D eigenvalue weighted by Gasteiger charge is 2.40. The van der Waals surface area contributed by atoms with Crippen LogP contribution in [0.5, 0.6) is 0 Å². The van der Waals surface area contributed by atoms with Crippen molar-refractivity contribution in [3.8, 4) is 0 Å². The van der Waals surface area contributed by atoms with E-state index in [0.29, 0.717) is 38.0 Å². The summed E-state index contributed by atoms with van der Waals surface area (Å²) in [5, 5.41) is 26.8. The van der Waals surface area contributed by atoms with Gasteiger partial charge in [-0.05, 0) is 49.1 Å². The van der Waals surface area contributed by atoms with Crippen molar-refractivity contribution in [2.24, 2.45) is 11.3 Å². The number of hydrogen-bond acceptors (Lipinski definition) is 6. The predicted octanol–water partition coefficient (Wildman–Crippen LogP) is 3.87. The van der Waals surface area contributed by atoms with Gasteiger partial charge >= 0.3 is 12.0 Å². The Morgan fingerprint density at radius 2 is 1.87 bits per heavy atom. The van der Waals surface area contributed by atoms with E-state index in [2.05, 4.69) is 17.6 Å². The fourth-order valence-corrected chi connectivity index (χ4v) is 6.37. The number of rotatable bonds is 15. The molecule has 256 valence electrons. The molecule has 11 nitrogen and oxygen atoms in total. The maximum atomic E-state index is 13.6. The number of unbranched alkanes of at least 4 members (excludes halogenated alkanes) is 3. The first-order chi connectivity index (χ1) is 21.8. The number of likely N-dealkylation sites (tertiary alicyclic amines) is 1. The van der Waals surface area contributed by atoms with E-state index in [1.54, 1.807) is 16.7 Å². The lowest BCUT2D eigenvalue weighted by Crippen LogP contribution is -2.57. The van der Waals surface area contributed by atoms with E-state index >= 15 is 0 Å². The molecule has 1 aromatic rings. The van der Waals surface area contributed by atoms with E-state index < -0.39 is 30.3 Å². The molecule has 3 rings (SSSR count). The maximum Gasteiger partial charge on any atom is 0.327 e. The van der Waals surface area contributed by atoms with Crippen LogP contribution in [0, 0.1) is 11.3 Å². The molecule has 0 bridgehead atoms. The Bertz CT molecular complexity index is 1230. The Morgan fingerprint density at radius 1 is 1.15 bits per heavy atom.